The van der Waals surface area contributed by atoms with Gasteiger partial charge in [0, 0.05) is 16.5 Å². The number of carbonyl (C=O) groups excluding carboxylic acids is 1. The highest BCUT2D eigenvalue weighted by Crippen LogP contribution is 2.15. The minimum absolute atomic E-state index is 0.0780. The highest BCUT2D eigenvalue weighted by atomic mass is 32.2. The summed E-state index contributed by atoms with van der Waals surface area (Å²) < 4.78 is 0. The fraction of sp³-hybridized carbons (Fsp3) is 0.767. The molecule has 34 heavy (non-hydrogen) atoms. The zero-order chi connectivity index (χ0) is 24.7. The number of benzene rings is 1. The maximum absolute atomic E-state index is 12.5. The Kier molecular flexibility index (Phi) is 20.7. The summed E-state index contributed by atoms with van der Waals surface area (Å²) in [6, 6.07) is 8.08. The first-order valence-electron chi connectivity index (χ1n) is 14.2. The van der Waals surface area contributed by atoms with Gasteiger partial charge in [0.2, 0.25) is 5.78 Å². The molecule has 0 fully saturated rings. The zero-order valence-corrected chi connectivity index (χ0v) is 22.9. The van der Waals surface area contributed by atoms with Gasteiger partial charge in [-0.3, -0.25) is 4.79 Å². The maximum atomic E-state index is 12.5. The Hall–Kier alpha value is -0.840. The van der Waals surface area contributed by atoms with Crippen LogP contribution in [0.4, 0.5) is 0 Å². The molecule has 0 heterocycles. The van der Waals surface area contributed by atoms with E-state index < -0.39 is 0 Å². The molecular weight excluding hydrogens is 440 g/mol. The van der Waals surface area contributed by atoms with Crippen molar-refractivity contribution in [3.8, 4) is 0 Å². The molecule has 1 aromatic rings. The van der Waals surface area contributed by atoms with E-state index in [1.54, 1.807) is 0 Å². The monoisotopic (exact) mass is 493 g/mol. The van der Waals surface area contributed by atoms with Gasteiger partial charge < -0.3 is 10.2 Å². The SMILES string of the molecule is CCCCCCCCCCCCCCCCCCc1ccc(C(=O)C[S+](CCO)CCO)cc1. The largest absolute Gasteiger partial charge is 0.391 e. The molecule has 4 heteroatoms. The van der Waals surface area contributed by atoms with Crippen molar-refractivity contribution < 1.29 is 15.0 Å². The first kappa shape index (κ1) is 31.2. The number of Topliss-reactive ketones (excluding diaryl/α,β-unsaturated/α-hetero) is 1. The van der Waals surface area contributed by atoms with Crippen molar-refractivity contribution in [2.24, 2.45) is 0 Å². The van der Waals surface area contributed by atoms with E-state index in [1.807, 2.05) is 12.1 Å². The van der Waals surface area contributed by atoms with Gasteiger partial charge in [-0.05, 0) is 18.4 Å². The van der Waals surface area contributed by atoms with Gasteiger partial charge in [-0.25, -0.2) is 0 Å². The highest BCUT2D eigenvalue weighted by Gasteiger charge is 2.22. The summed E-state index contributed by atoms with van der Waals surface area (Å²) in [5, 5.41) is 18.3. The van der Waals surface area contributed by atoms with Crippen LogP contribution in [0.5, 0.6) is 0 Å². The van der Waals surface area contributed by atoms with Gasteiger partial charge in [0.05, 0.1) is 13.2 Å². The number of rotatable bonds is 24. The topological polar surface area (TPSA) is 57.5 Å². The van der Waals surface area contributed by atoms with Crippen molar-refractivity contribution in [3.05, 3.63) is 35.4 Å². The molecule has 0 saturated carbocycles. The Morgan fingerprint density at radius 2 is 1.06 bits per heavy atom. The molecule has 196 valence electrons. The van der Waals surface area contributed by atoms with Crippen molar-refractivity contribution in [1.29, 1.82) is 0 Å². The first-order valence-corrected chi connectivity index (χ1v) is 15.9. The molecule has 0 atom stereocenters. The molecule has 0 aliphatic carbocycles. The van der Waals surface area contributed by atoms with Crippen LogP contribution < -0.4 is 0 Å². The summed E-state index contributed by atoms with van der Waals surface area (Å²) in [6.45, 7) is 2.44. The van der Waals surface area contributed by atoms with Crippen LogP contribution in [0.2, 0.25) is 0 Å². The number of carbonyl (C=O) groups is 1. The lowest BCUT2D eigenvalue weighted by molar-refractivity contribution is 0.102. The maximum Gasteiger partial charge on any atom is 0.211 e. The van der Waals surface area contributed by atoms with E-state index in [0.29, 0.717) is 17.3 Å². The fourth-order valence-corrected chi connectivity index (χ4v) is 6.05. The molecule has 0 aromatic heterocycles. The predicted molar refractivity (Wildman–Crippen MR) is 150 cm³/mol. The Labute approximate surface area is 213 Å². The zero-order valence-electron chi connectivity index (χ0n) is 22.1. The van der Waals surface area contributed by atoms with E-state index >= 15 is 0 Å². The van der Waals surface area contributed by atoms with Crippen LogP contribution >= 0.6 is 0 Å². The molecule has 3 nitrogen and oxygen atoms in total. The van der Waals surface area contributed by atoms with Gasteiger partial charge in [-0.1, -0.05) is 128 Å². The number of aliphatic hydroxyl groups is 2. The molecule has 1 rings (SSSR count). The lowest BCUT2D eigenvalue weighted by Gasteiger charge is -2.07. The molecule has 0 bridgehead atoms. The number of aryl methyl sites for hydroxylation is 1. The van der Waals surface area contributed by atoms with Crippen molar-refractivity contribution >= 4 is 16.7 Å². The Bertz CT molecular complexity index is 581. The lowest BCUT2D eigenvalue weighted by atomic mass is 10.0. The molecule has 0 aliphatic rings. The number of hydrogen-bond acceptors (Lipinski definition) is 3. The van der Waals surface area contributed by atoms with E-state index in [1.165, 1.54) is 108 Å². The van der Waals surface area contributed by atoms with Crippen LogP contribution in [-0.4, -0.2) is 46.5 Å². The summed E-state index contributed by atoms with van der Waals surface area (Å²) in [5.41, 5.74) is 2.07. The third-order valence-corrected chi connectivity index (χ3v) is 8.88. The van der Waals surface area contributed by atoms with E-state index in [2.05, 4.69) is 19.1 Å². The second-order valence-corrected chi connectivity index (χ2v) is 12.1. The van der Waals surface area contributed by atoms with Crippen molar-refractivity contribution in [2.75, 3.05) is 30.5 Å². The first-order chi connectivity index (χ1) is 16.7. The molecule has 0 unspecified atom stereocenters. The molecule has 0 saturated heterocycles. The Morgan fingerprint density at radius 1 is 0.647 bits per heavy atom. The van der Waals surface area contributed by atoms with Crippen LogP contribution in [0.15, 0.2) is 24.3 Å². The van der Waals surface area contributed by atoms with Gasteiger partial charge >= 0.3 is 0 Å². The van der Waals surface area contributed by atoms with E-state index in [0.717, 1.165) is 12.0 Å². The van der Waals surface area contributed by atoms with Crippen LogP contribution in [0.25, 0.3) is 0 Å². The van der Waals surface area contributed by atoms with Crippen molar-refractivity contribution in [2.45, 2.75) is 116 Å². The van der Waals surface area contributed by atoms with Crippen LogP contribution in [0.1, 0.15) is 126 Å². The van der Waals surface area contributed by atoms with Crippen molar-refractivity contribution in [3.63, 3.8) is 0 Å². The third-order valence-electron chi connectivity index (χ3n) is 6.69. The second-order valence-electron chi connectivity index (χ2n) is 9.79. The van der Waals surface area contributed by atoms with Crippen LogP contribution in [0, 0.1) is 0 Å². The quantitative estimate of drug-likeness (QED) is 0.0904. The van der Waals surface area contributed by atoms with Gasteiger partial charge in [-0.2, -0.15) is 0 Å². The summed E-state index contributed by atoms with van der Waals surface area (Å²) in [6.07, 6.45) is 23.4. The lowest BCUT2D eigenvalue weighted by Crippen LogP contribution is -2.25. The number of unbranched alkanes of at least 4 members (excludes halogenated alkanes) is 15. The fourth-order valence-electron chi connectivity index (χ4n) is 4.51. The normalized spacial score (nSPS) is 11.4. The van der Waals surface area contributed by atoms with Crippen LogP contribution in [0.3, 0.4) is 0 Å². The molecular formula is C30H53O3S+. The summed E-state index contributed by atoms with van der Waals surface area (Å²) >= 11 is 0. The van der Waals surface area contributed by atoms with E-state index in [-0.39, 0.29) is 29.9 Å². The summed E-state index contributed by atoms with van der Waals surface area (Å²) in [7, 11) is -0.225. The minimum atomic E-state index is -0.225. The predicted octanol–water partition coefficient (Wildman–Crippen LogP) is 7.28. The van der Waals surface area contributed by atoms with Crippen LogP contribution in [-0.2, 0) is 17.3 Å². The third kappa shape index (κ3) is 16.7. The Morgan fingerprint density at radius 3 is 1.47 bits per heavy atom. The molecule has 0 radical (unpaired) electrons. The second kappa shape index (κ2) is 22.6. The molecule has 2 N–H and O–H groups in total. The average Bonchev–Trinajstić information content (AvgIpc) is 2.84. The Balaban J connectivity index is 2.00. The van der Waals surface area contributed by atoms with Crippen molar-refractivity contribution in [1.82, 2.24) is 0 Å². The standard InChI is InChI=1S/C30H53O3S/c1-2-3-4-5-6-7-8-9-10-11-12-13-14-15-16-17-18-28-19-21-29(22-20-28)30(33)27-34(25-23-31)26-24-32/h19-22,31-32H,2-18,23-27H2,1H3/q+1. The molecule has 0 amide bonds. The minimum Gasteiger partial charge on any atom is -0.391 e. The molecule has 0 spiro atoms. The summed E-state index contributed by atoms with van der Waals surface area (Å²) in [5.74, 6) is 1.76. The van der Waals surface area contributed by atoms with Gasteiger partial charge in [-0.15, -0.1) is 0 Å². The van der Waals surface area contributed by atoms with E-state index in [9.17, 15) is 4.79 Å². The smallest absolute Gasteiger partial charge is 0.211 e. The highest BCUT2D eigenvalue weighted by molar-refractivity contribution is 7.97. The number of ketones is 1. The van der Waals surface area contributed by atoms with Gasteiger partial charge in [0.25, 0.3) is 0 Å². The van der Waals surface area contributed by atoms with Gasteiger partial charge in [0.1, 0.15) is 11.5 Å². The van der Waals surface area contributed by atoms with E-state index in [4.69, 9.17) is 10.2 Å². The number of hydrogen-bond donors (Lipinski definition) is 2. The van der Waals surface area contributed by atoms with Gasteiger partial charge in [0.15, 0.2) is 5.75 Å². The molecule has 1 aromatic carbocycles. The average molecular weight is 494 g/mol. The summed E-state index contributed by atoms with van der Waals surface area (Å²) in [4.78, 5) is 12.5. The molecule has 0 aliphatic heterocycles. The number of aliphatic hydroxyl groups excluding tert-OH is 2.